The van der Waals surface area contributed by atoms with E-state index in [-0.39, 0.29) is 17.1 Å². The molecule has 0 aliphatic heterocycles. The zero-order chi connectivity index (χ0) is 13.5. The van der Waals surface area contributed by atoms with Gasteiger partial charge < -0.3 is 5.32 Å². The Balaban J connectivity index is 2.75. The van der Waals surface area contributed by atoms with Gasteiger partial charge in [-0.1, -0.05) is 6.92 Å². The van der Waals surface area contributed by atoms with Crippen molar-refractivity contribution in [2.24, 2.45) is 0 Å². The van der Waals surface area contributed by atoms with E-state index in [2.05, 4.69) is 10.3 Å². The molecule has 0 aliphatic carbocycles. The fourth-order valence-electron chi connectivity index (χ4n) is 1.21. The fraction of sp³-hybridized carbons (Fsp3) is 0.400. The van der Waals surface area contributed by atoms with Crippen molar-refractivity contribution in [2.45, 2.75) is 6.92 Å². The summed E-state index contributed by atoms with van der Waals surface area (Å²) in [7, 11) is -0.902. The van der Waals surface area contributed by atoms with Crippen molar-refractivity contribution in [1.82, 2.24) is 4.98 Å². The predicted molar refractivity (Wildman–Crippen MR) is 67.6 cm³/mol. The van der Waals surface area contributed by atoms with Gasteiger partial charge in [0, 0.05) is 34.9 Å². The number of hydrogen-bond acceptors (Lipinski definition) is 6. The van der Waals surface area contributed by atoms with Gasteiger partial charge in [-0.3, -0.25) is 14.3 Å². The van der Waals surface area contributed by atoms with Crippen LogP contribution < -0.4 is 5.32 Å². The molecule has 1 rings (SSSR count). The maximum Gasteiger partial charge on any atom is 0.289 e. The lowest BCUT2D eigenvalue weighted by Crippen LogP contribution is -2.13. The van der Waals surface area contributed by atoms with E-state index in [4.69, 9.17) is 5.26 Å². The quantitative estimate of drug-likeness (QED) is 0.610. The minimum atomic E-state index is -0.902. The number of aromatic nitrogens is 1. The molecule has 1 N–H and O–H groups in total. The number of nitrogens with one attached hydrogen (secondary N) is 1. The fourth-order valence-corrected chi connectivity index (χ4v) is 1.83. The van der Waals surface area contributed by atoms with Crippen LogP contribution >= 0.6 is 0 Å². The molecule has 7 nitrogen and oxygen atoms in total. The Morgan fingerprint density at radius 1 is 1.67 bits per heavy atom. The molecule has 96 valence electrons. The van der Waals surface area contributed by atoms with Crippen LogP contribution in [-0.2, 0) is 10.8 Å². The molecule has 18 heavy (non-hydrogen) atoms. The Hall–Kier alpha value is -2.01. The second-order valence-electron chi connectivity index (χ2n) is 3.32. The maximum atomic E-state index is 11.2. The van der Waals surface area contributed by atoms with Crippen LogP contribution in [0.4, 0.5) is 11.5 Å². The van der Waals surface area contributed by atoms with Crippen molar-refractivity contribution in [3.05, 3.63) is 27.9 Å². The van der Waals surface area contributed by atoms with Gasteiger partial charge in [0.05, 0.1) is 4.92 Å². The summed E-state index contributed by atoms with van der Waals surface area (Å²) in [4.78, 5) is 13.7. The van der Waals surface area contributed by atoms with Crippen molar-refractivity contribution >= 4 is 22.3 Å². The van der Waals surface area contributed by atoms with E-state index in [0.29, 0.717) is 18.1 Å². The molecule has 1 heterocycles. The molecule has 1 aromatic heterocycles. The number of nitriles is 1. The van der Waals surface area contributed by atoms with Crippen LogP contribution in [0.25, 0.3) is 0 Å². The molecule has 1 aromatic rings. The van der Waals surface area contributed by atoms with E-state index in [9.17, 15) is 14.3 Å². The van der Waals surface area contributed by atoms with Crippen LogP contribution in [0.5, 0.6) is 0 Å². The van der Waals surface area contributed by atoms with Crippen molar-refractivity contribution < 1.29 is 9.13 Å². The minimum absolute atomic E-state index is 0.103. The third kappa shape index (κ3) is 3.78. The Labute approximate surface area is 106 Å². The highest BCUT2D eigenvalue weighted by Gasteiger charge is 2.11. The molecule has 0 bridgehead atoms. The lowest BCUT2D eigenvalue weighted by atomic mass is 10.2. The Bertz CT molecular complexity index is 512. The Kier molecular flexibility index (Phi) is 5.20. The van der Waals surface area contributed by atoms with E-state index in [0.717, 1.165) is 12.3 Å². The average molecular weight is 268 g/mol. The molecule has 0 saturated carbocycles. The summed E-state index contributed by atoms with van der Waals surface area (Å²) in [6.45, 7) is 2.22. The molecule has 1 unspecified atom stereocenters. The number of pyridine rings is 1. The van der Waals surface area contributed by atoms with Gasteiger partial charge in [-0.2, -0.15) is 5.26 Å². The molecule has 0 aliphatic rings. The zero-order valence-electron chi connectivity index (χ0n) is 9.75. The van der Waals surface area contributed by atoms with E-state index in [1.165, 1.54) is 0 Å². The lowest BCUT2D eigenvalue weighted by Gasteiger charge is -2.06. The first-order chi connectivity index (χ1) is 8.58. The van der Waals surface area contributed by atoms with Crippen LogP contribution in [0.15, 0.2) is 12.3 Å². The SMILES string of the molecule is CCS(=O)CCNc1ncc([N+](=O)[O-])cc1C#N. The summed E-state index contributed by atoms with van der Waals surface area (Å²) >= 11 is 0. The standard InChI is InChI=1S/C10H12N4O3S/c1-2-18(17)4-3-12-10-8(6-11)5-9(7-13-10)14(15)16/h5,7H,2-4H2,1H3,(H,12,13). The topological polar surface area (TPSA) is 109 Å². The van der Waals surface area contributed by atoms with E-state index in [1.807, 2.05) is 13.0 Å². The van der Waals surface area contributed by atoms with E-state index in [1.54, 1.807) is 0 Å². The van der Waals surface area contributed by atoms with E-state index < -0.39 is 15.7 Å². The van der Waals surface area contributed by atoms with Gasteiger partial charge in [0.1, 0.15) is 23.6 Å². The van der Waals surface area contributed by atoms with Crippen molar-refractivity contribution in [3.63, 3.8) is 0 Å². The molecule has 8 heteroatoms. The summed E-state index contributed by atoms with van der Waals surface area (Å²) in [6.07, 6.45) is 1.08. The molecule has 0 spiro atoms. The van der Waals surface area contributed by atoms with Crippen LogP contribution in [0.2, 0.25) is 0 Å². The third-order valence-corrected chi connectivity index (χ3v) is 3.45. The molecular formula is C10H12N4O3S. The number of hydrogen-bond donors (Lipinski definition) is 1. The minimum Gasteiger partial charge on any atom is -0.368 e. The van der Waals surface area contributed by atoms with Gasteiger partial charge in [-0.15, -0.1) is 0 Å². The zero-order valence-corrected chi connectivity index (χ0v) is 10.6. The molecule has 0 amide bonds. The normalized spacial score (nSPS) is 11.6. The van der Waals surface area contributed by atoms with Gasteiger partial charge in [-0.05, 0) is 0 Å². The van der Waals surface area contributed by atoms with Crippen LogP contribution in [0.1, 0.15) is 12.5 Å². The van der Waals surface area contributed by atoms with Crippen molar-refractivity contribution in [3.8, 4) is 6.07 Å². The molecular weight excluding hydrogens is 256 g/mol. The van der Waals surface area contributed by atoms with Crippen LogP contribution in [-0.4, -0.2) is 32.2 Å². The van der Waals surface area contributed by atoms with Crippen LogP contribution in [0, 0.1) is 21.4 Å². The van der Waals surface area contributed by atoms with Gasteiger partial charge in [0.2, 0.25) is 0 Å². The Morgan fingerprint density at radius 3 is 2.94 bits per heavy atom. The highest BCUT2D eigenvalue weighted by Crippen LogP contribution is 2.17. The maximum absolute atomic E-state index is 11.2. The molecule has 0 fully saturated rings. The van der Waals surface area contributed by atoms with Crippen molar-refractivity contribution in [1.29, 1.82) is 5.26 Å². The van der Waals surface area contributed by atoms with Gasteiger partial charge in [-0.25, -0.2) is 4.98 Å². The summed E-state index contributed by atoms with van der Waals surface area (Å²) in [5, 5.41) is 22.2. The number of anilines is 1. The second kappa shape index (κ2) is 6.66. The summed E-state index contributed by atoms with van der Waals surface area (Å²) in [6, 6.07) is 3.00. The smallest absolute Gasteiger partial charge is 0.289 e. The molecule has 1 atom stereocenters. The summed E-state index contributed by atoms with van der Waals surface area (Å²) < 4.78 is 11.2. The first-order valence-corrected chi connectivity index (χ1v) is 6.70. The third-order valence-electron chi connectivity index (χ3n) is 2.15. The highest BCUT2D eigenvalue weighted by atomic mass is 32.2. The van der Waals surface area contributed by atoms with E-state index >= 15 is 0 Å². The first-order valence-electron chi connectivity index (χ1n) is 5.21. The number of rotatable bonds is 6. The Morgan fingerprint density at radius 2 is 2.39 bits per heavy atom. The largest absolute Gasteiger partial charge is 0.368 e. The number of nitrogens with zero attached hydrogens (tertiary/aromatic N) is 3. The molecule has 0 saturated heterocycles. The molecule has 0 aromatic carbocycles. The summed E-state index contributed by atoms with van der Waals surface area (Å²) in [5.41, 5.74) is -0.124. The van der Waals surface area contributed by atoms with Gasteiger partial charge in [0.15, 0.2) is 0 Å². The van der Waals surface area contributed by atoms with Gasteiger partial charge >= 0.3 is 0 Å². The number of nitro groups is 1. The predicted octanol–water partition coefficient (Wildman–Crippen LogP) is 1.04. The molecule has 0 radical (unpaired) electrons. The first kappa shape index (κ1) is 14.1. The highest BCUT2D eigenvalue weighted by molar-refractivity contribution is 7.84. The average Bonchev–Trinajstić information content (AvgIpc) is 2.38. The second-order valence-corrected chi connectivity index (χ2v) is 5.18. The van der Waals surface area contributed by atoms with Crippen LogP contribution in [0.3, 0.4) is 0 Å². The monoisotopic (exact) mass is 268 g/mol. The van der Waals surface area contributed by atoms with Crippen molar-refractivity contribution in [2.75, 3.05) is 23.4 Å². The lowest BCUT2D eigenvalue weighted by molar-refractivity contribution is -0.385. The summed E-state index contributed by atoms with van der Waals surface area (Å²) in [5.74, 6) is 1.29. The van der Waals surface area contributed by atoms with Gasteiger partial charge in [0.25, 0.3) is 5.69 Å².